The lowest BCUT2D eigenvalue weighted by Gasteiger charge is -2.08. The van der Waals surface area contributed by atoms with E-state index in [0.717, 1.165) is 23.6 Å². The molecule has 0 saturated heterocycles. The van der Waals surface area contributed by atoms with Gasteiger partial charge in [-0.2, -0.15) is 0 Å². The van der Waals surface area contributed by atoms with Crippen LogP contribution in [0, 0.1) is 0 Å². The number of carbonyl (C=O) groups is 2. The molecule has 0 saturated carbocycles. The summed E-state index contributed by atoms with van der Waals surface area (Å²) in [5, 5.41) is 4.93. The number of aryl methyl sites for hydroxylation is 2. The molecule has 3 aromatic rings. The molecule has 5 heteroatoms. The van der Waals surface area contributed by atoms with Crippen molar-refractivity contribution in [3.63, 3.8) is 0 Å². The number of nitrogens with one attached hydrogen (secondary N) is 1. The molecule has 0 spiro atoms. The van der Waals surface area contributed by atoms with E-state index < -0.39 is 5.97 Å². The molecule has 1 heterocycles. The Kier molecular flexibility index (Phi) is 4.71. The largest absolute Gasteiger partial charge is 0.451 e. The second-order valence-corrected chi connectivity index (χ2v) is 7.59. The molecule has 4 rings (SSSR count). The predicted molar refractivity (Wildman–Crippen MR) is 104 cm³/mol. The van der Waals surface area contributed by atoms with Crippen molar-refractivity contribution in [2.45, 2.75) is 25.7 Å². The molecule has 0 bridgehead atoms. The van der Waals surface area contributed by atoms with Gasteiger partial charge in [-0.25, -0.2) is 4.79 Å². The number of carbonyl (C=O) groups excluding carboxylic acids is 2. The Bertz CT molecular complexity index is 953. The fraction of sp³-hybridized carbons (Fsp3) is 0.238. The lowest BCUT2D eigenvalue weighted by Crippen LogP contribution is -2.20. The van der Waals surface area contributed by atoms with E-state index in [4.69, 9.17) is 4.74 Å². The van der Waals surface area contributed by atoms with Crippen molar-refractivity contribution in [1.82, 2.24) is 0 Å². The van der Waals surface area contributed by atoms with Gasteiger partial charge in [0.15, 0.2) is 6.61 Å². The van der Waals surface area contributed by atoms with Gasteiger partial charge in [0.25, 0.3) is 5.91 Å². The van der Waals surface area contributed by atoms with Crippen LogP contribution in [0.2, 0.25) is 0 Å². The molecule has 0 unspecified atom stereocenters. The van der Waals surface area contributed by atoms with Crippen LogP contribution >= 0.6 is 11.3 Å². The van der Waals surface area contributed by atoms with Crippen LogP contribution in [0.15, 0.2) is 48.5 Å². The normalized spacial score (nSPS) is 13.2. The molecule has 0 aliphatic heterocycles. The van der Waals surface area contributed by atoms with Gasteiger partial charge in [0.1, 0.15) is 4.88 Å². The van der Waals surface area contributed by atoms with E-state index in [2.05, 4.69) is 5.32 Å². The van der Waals surface area contributed by atoms with Crippen LogP contribution in [0.5, 0.6) is 0 Å². The molecule has 1 aliphatic rings. The zero-order valence-corrected chi connectivity index (χ0v) is 15.1. The maximum atomic E-state index is 12.2. The molecule has 1 amide bonds. The Morgan fingerprint density at radius 3 is 2.65 bits per heavy atom. The smallest absolute Gasteiger partial charge is 0.348 e. The Labute approximate surface area is 155 Å². The van der Waals surface area contributed by atoms with Gasteiger partial charge in [0.2, 0.25) is 0 Å². The van der Waals surface area contributed by atoms with Crippen LogP contribution in [0.3, 0.4) is 0 Å². The molecular weight excluding hydrogens is 346 g/mol. The van der Waals surface area contributed by atoms with Crippen molar-refractivity contribution in [2.24, 2.45) is 0 Å². The first-order chi connectivity index (χ1) is 12.7. The summed E-state index contributed by atoms with van der Waals surface area (Å²) < 4.78 is 5.19. The molecular formula is C21H19NO3S. The molecule has 0 atom stereocenters. The number of esters is 1. The first-order valence-electron chi connectivity index (χ1n) is 8.76. The highest BCUT2D eigenvalue weighted by molar-refractivity contribution is 7.14. The van der Waals surface area contributed by atoms with Crippen LogP contribution in [0.4, 0.5) is 5.69 Å². The number of ether oxygens (including phenoxy) is 1. The molecule has 1 aromatic heterocycles. The number of benzene rings is 2. The average molecular weight is 365 g/mol. The Balaban J connectivity index is 1.35. The minimum atomic E-state index is -0.418. The van der Waals surface area contributed by atoms with Crippen molar-refractivity contribution in [3.05, 3.63) is 63.8 Å². The zero-order valence-electron chi connectivity index (χ0n) is 14.3. The third kappa shape index (κ3) is 3.63. The van der Waals surface area contributed by atoms with Crippen LogP contribution in [0.25, 0.3) is 10.8 Å². The van der Waals surface area contributed by atoms with Gasteiger partial charge in [-0.05, 0) is 60.2 Å². The van der Waals surface area contributed by atoms with Gasteiger partial charge in [-0.1, -0.05) is 30.3 Å². The van der Waals surface area contributed by atoms with Crippen molar-refractivity contribution < 1.29 is 14.3 Å². The van der Waals surface area contributed by atoms with Crippen molar-refractivity contribution in [3.8, 4) is 0 Å². The Morgan fingerprint density at radius 2 is 1.81 bits per heavy atom. The number of amides is 1. The topological polar surface area (TPSA) is 55.4 Å². The Hall–Kier alpha value is -2.66. The highest BCUT2D eigenvalue weighted by atomic mass is 32.1. The number of hydrogen-bond donors (Lipinski definition) is 1. The highest BCUT2D eigenvalue weighted by Crippen LogP contribution is 2.30. The van der Waals surface area contributed by atoms with E-state index in [1.807, 2.05) is 48.5 Å². The number of thiophene rings is 1. The van der Waals surface area contributed by atoms with Gasteiger partial charge < -0.3 is 10.1 Å². The summed E-state index contributed by atoms with van der Waals surface area (Å²) in [4.78, 5) is 26.2. The van der Waals surface area contributed by atoms with E-state index >= 15 is 0 Å². The number of hydrogen-bond acceptors (Lipinski definition) is 4. The minimum absolute atomic E-state index is 0.284. The molecule has 1 aliphatic carbocycles. The Morgan fingerprint density at radius 1 is 1.00 bits per heavy atom. The molecule has 132 valence electrons. The average Bonchev–Trinajstić information content (AvgIpc) is 3.10. The van der Waals surface area contributed by atoms with E-state index in [9.17, 15) is 9.59 Å². The van der Waals surface area contributed by atoms with E-state index in [0.29, 0.717) is 10.6 Å². The summed E-state index contributed by atoms with van der Waals surface area (Å²) in [5.74, 6) is -0.756. The third-order valence-electron chi connectivity index (χ3n) is 4.57. The molecule has 0 radical (unpaired) electrons. The lowest BCUT2D eigenvalue weighted by atomic mass is 9.99. The summed E-state index contributed by atoms with van der Waals surface area (Å²) in [6, 6.07) is 15.6. The minimum Gasteiger partial charge on any atom is -0.451 e. The maximum absolute atomic E-state index is 12.2. The summed E-state index contributed by atoms with van der Waals surface area (Å²) in [5.41, 5.74) is 1.95. The maximum Gasteiger partial charge on any atom is 0.348 e. The SMILES string of the molecule is O=C(COC(=O)c1cc2c(s1)CCCC2)Nc1ccc2ccccc2c1. The van der Waals surface area contributed by atoms with Gasteiger partial charge in [0, 0.05) is 10.6 Å². The van der Waals surface area contributed by atoms with E-state index in [-0.39, 0.29) is 12.5 Å². The molecule has 0 fully saturated rings. The fourth-order valence-corrected chi connectivity index (χ4v) is 4.41. The monoisotopic (exact) mass is 365 g/mol. The van der Waals surface area contributed by atoms with Gasteiger partial charge >= 0.3 is 5.97 Å². The van der Waals surface area contributed by atoms with E-state index in [1.165, 1.54) is 34.6 Å². The standard InChI is InChI=1S/C21H19NO3S/c23-20(22-17-10-9-14-5-1-2-6-15(14)11-17)13-25-21(24)19-12-16-7-3-4-8-18(16)26-19/h1-2,5-6,9-12H,3-4,7-8,13H2,(H,22,23). The number of rotatable bonds is 4. The molecule has 1 N–H and O–H groups in total. The predicted octanol–water partition coefficient (Wildman–Crippen LogP) is 4.58. The van der Waals surface area contributed by atoms with Crippen LogP contribution < -0.4 is 5.32 Å². The van der Waals surface area contributed by atoms with Gasteiger partial charge in [-0.15, -0.1) is 11.3 Å². The highest BCUT2D eigenvalue weighted by Gasteiger charge is 2.19. The second-order valence-electron chi connectivity index (χ2n) is 6.45. The van der Waals surface area contributed by atoms with Crippen LogP contribution in [0.1, 0.15) is 33.0 Å². The molecule has 26 heavy (non-hydrogen) atoms. The van der Waals surface area contributed by atoms with E-state index in [1.54, 1.807) is 0 Å². The molecule has 2 aromatic carbocycles. The van der Waals surface area contributed by atoms with Crippen molar-refractivity contribution >= 4 is 39.7 Å². The first-order valence-corrected chi connectivity index (χ1v) is 9.58. The van der Waals surface area contributed by atoms with Gasteiger partial charge in [-0.3, -0.25) is 4.79 Å². The number of anilines is 1. The quantitative estimate of drug-likeness (QED) is 0.689. The summed E-state index contributed by atoms with van der Waals surface area (Å²) in [6.07, 6.45) is 4.42. The van der Waals surface area contributed by atoms with Crippen LogP contribution in [-0.2, 0) is 22.4 Å². The summed E-state index contributed by atoms with van der Waals surface area (Å²) >= 11 is 1.49. The zero-order chi connectivity index (χ0) is 17.9. The first kappa shape index (κ1) is 16.8. The summed E-state index contributed by atoms with van der Waals surface area (Å²) in [7, 11) is 0. The second kappa shape index (κ2) is 7.30. The number of fused-ring (bicyclic) bond motifs is 2. The summed E-state index contributed by atoms with van der Waals surface area (Å²) in [6.45, 7) is -0.284. The molecule has 4 nitrogen and oxygen atoms in total. The fourth-order valence-electron chi connectivity index (χ4n) is 3.26. The van der Waals surface area contributed by atoms with Gasteiger partial charge in [0.05, 0.1) is 0 Å². The van der Waals surface area contributed by atoms with Crippen LogP contribution in [-0.4, -0.2) is 18.5 Å². The van der Waals surface area contributed by atoms with Crippen molar-refractivity contribution in [1.29, 1.82) is 0 Å². The van der Waals surface area contributed by atoms with Crippen molar-refractivity contribution in [2.75, 3.05) is 11.9 Å². The lowest BCUT2D eigenvalue weighted by molar-refractivity contribution is -0.119. The third-order valence-corrected chi connectivity index (χ3v) is 5.78.